The van der Waals surface area contributed by atoms with Gasteiger partial charge in [0.05, 0.1) is 7.11 Å². The molecule has 1 aliphatic rings. The van der Waals surface area contributed by atoms with E-state index in [-0.39, 0.29) is 27.9 Å². The molecule has 1 N–H and O–H groups in total. The Balaban J connectivity index is 1.82. The first-order valence-electron chi connectivity index (χ1n) is 8.08. The van der Waals surface area contributed by atoms with Gasteiger partial charge in [0.25, 0.3) is 5.91 Å². The van der Waals surface area contributed by atoms with Gasteiger partial charge in [-0.2, -0.15) is 4.31 Å². The van der Waals surface area contributed by atoms with E-state index in [1.807, 2.05) is 0 Å². The number of benzene rings is 1. The van der Waals surface area contributed by atoms with E-state index in [0.29, 0.717) is 13.1 Å². The third-order valence-corrected chi connectivity index (χ3v) is 6.19. The number of rotatable bonds is 5. The van der Waals surface area contributed by atoms with Crippen molar-refractivity contribution in [1.29, 1.82) is 0 Å². The molecule has 1 aliphatic heterocycles. The molecule has 1 aromatic heterocycles. The SMILES string of the molecule is COc1ccc(NC(=O)c2cc(S(=O)(=O)N3CCCC3)c(C)o2)cc1F. The number of carbonyl (C=O) groups excluding carboxylic acids is 1. The van der Waals surface area contributed by atoms with Crippen LogP contribution in [0.3, 0.4) is 0 Å². The fourth-order valence-electron chi connectivity index (χ4n) is 2.84. The maximum Gasteiger partial charge on any atom is 0.291 e. The zero-order chi connectivity index (χ0) is 18.9. The number of amides is 1. The first kappa shape index (κ1) is 18.4. The highest BCUT2D eigenvalue weighted by Gasteiger charge is 2.31. The van der Waals surface area contributed by atoms with Crippen LogP contribution in [0.15, 0.2) is 33.6 Å². The molecule has 0 unspecified atom stereocenters. The maximum atomic E-state index is 13.7. The number of anilines is 1. The first-order valence-corrected chi connectivity index (χ1v) is 9.52. The van der Waals surface area contributed by atoms with Crippen molar-refractivity contribution in [1.82, 2.24) is 4.31 Å². The van der Waals surface area contributed by atoms with Gasteiger partial charge >= 0.3 is 0 Å². The number of halogens is 1. The fraction of sp³-hybridized carbons (Fsp3) is 0.353. The highest BCUT2D eigenvalue weighted by atomic mass is 32.2. The van der Waals surface area contributed by atoms with Gasteiger partial charge < -0.3 is 14.5 Å². The summed E-state index contributed by atoms with van der Waals surface area (Å²) in [5, 5.41) is 2.48. The molecule has 1 amide bonds. The second kappa shape index (κ2) is 7.08. The summed E-state index contributed by atoms with van der Waals surface area (Å²) in [6, 6.07) is 5.16. The minimum atomic E-state index is -3.69. The quantitative estimate of drug-likeness (QED) is 0.859. The van der Waals surface area contributed by atoms with E-state index in [1.54, 1.807) is 0 Å². The Morgan fingerprint density at radius 2 is 1.96 bits per heavy atom. The summed E-state index contributed by atoms with van der Waals surface area (Å²) in [5.74, 6) is -1.26. The lowest BCUT2D eigenvalue weighted by Crippen LogP contribution is -2.28. The molecule has 3 rings (SSSR count). The number of aryl methyl sites for hydroxylation is 1. The number of hydrogen-bond acceptors (Lipinski definition) is 5. The second-order valence-corrected chi connectivity index (χ2v) is 7.85. The molecule has 1 fully saturated rings. The third-order valence-electron chi connectivity index (χ3n) is 4.19. The highest BCUT2D eigenvalue weighted by molar-refractivity contribution is 7.89. The number of hydrogen-bond donors (Lipinski definition) is 1. The minimum absolute atomic E-state index is 0.0227. The van der Waals surface area contributed by atoms with Crippen molar-refractivity contribution in [2.75, 3.05) is 25.5 Å². The van der Waals surface area contributed by atoms with Crippen LogP contribution >= 0.6 is 0 Å². The molecule has 0 spiro atoms. The van der Waals surface area contributed by atoms with Crippen LogP contribution in [0.25, 0.3) is 0 Å². The molecule has 1 saturated heterocycles. The molecular weight excluding hydrogens is 363 g/mol. The molecule has 1 aromatic carbocycles. The number of methoxy groups -OCH3 is 1. The van der Waals surface area contributed by atoms with Gasteiger partial charge in [-0.05, 0) is 31.9 Å². The molecule has 0 radical (unpaired) electrons. The summed E-state index contributed by atoms with van der Waals surface area (Å²) in [5.41, 5.74) is 0.200. The predicted octanol–water partition coefficient (Wildman–Crippen LogP) is 2.77. The molecule has 0 atom stereocenters. The van der Waals surface area contributed by atoms with Gasteiger partial charge in [0.1, 0.15) is 10.7 Å². The Morgan fingerprint density at radius 3 is 2.58 bits per heavy atom. The van der Waals surface area contributed by atoms with Crippen molar-refractivity contribution in [3.63, 3.8) is 0 Å². The fourth-order valence-corrected chi connectivity index (χ4v) is 4.52. The van der Waals surface area contributed by atoms with E-state index in [9.17, 15) is 17.6 Å². The van der Waals surface area contributed by atoms with Crippen LogP contribution in [0, 0.1) is 12.7 Å². The average Bonchev–Trinajstić information content (AvgIpc) is 3.25. The summed E-state index contributed by atoms with van der Waals surface area (Å²) >= 11 is 0. The third kappa shape index (κ3) is 3.45. The smallest absolute Gasteiger partial charge is 0.291 e. The van der Waals surface area contributed by atoms with Crippen LogP contribution in [-0.2, 0) is 10.0 Å². The van der Waals surface area contributed by atoms with Gasteiger partial charge in [0, 0.05) is 30.9 Å². The lowest BCUT2D eigenvalue weighted by molar-refractivity contribution is 0.0995. The van der Waals surface area contributed by atoms with Crippen molar-refractivity contribution in [2.24, 2.45) is 0 Å². The van der Waals surface area contributed by atoms with Gasteiger partial charge in [0.2, 0.25) is 10.0 Å². The van der Waals surface area contributed by atoms with Crippen molar-refractivity contribution < 1.29 is 26.8 Å². The molecule has 2 heterocycles. The summed E-state index contributed by atoms with van der Waals surface area (Å²) < 4.78 is 50.5. The van der Waals surface area contributed by atoms with Gasteiger partial charge in [-0.1, -0.05) is 0 Å². The zero-order valence-corrected chi connectivity index (χ0v) is 15.2. The summed E-state index contributed by atoms with van der Waals surface area (Å²) in [4.78, 5) is 12.3. The number of nitrogens with zero attached hydrogens (tertiary/aromatic N) is 1. The van der Waals surface area contributed by atoms with Crippen LogP contribution in [-0.4, -0.2) is 38.8 Å². The van der Waals surface area contributed by atoms with E-state index in [2.05, 4.69) is 5.32 Å². The van der Waals surface area contributed by atoms with Crippen LogP contribution in [0.5, 0.6) is 5.75 Å². The molecule has 7 nitrogen and oxygen atoms in total. The summed E-state index contributed by atoms with van der Waals surface area (Å²) in [6.45, 7) is 2.41. The van der Waals surface area contributed by atoms with Crippen LogP contribution in [0.1, 0.15) is 29.2 Å². The standard InChI is InChI=1S/C17H19FN2O5S/c1-11-16(26(22,23)20-7-3-4-8-20)10-15(25-11)17(21)19-12-5-6-14(24-2)13(18)9-12/h5-6,9-10H,3-4,7-8H2,1-2H3,(H,19,21). The van der Waals surface area contributed by atoms with Crippen molar-refractivity contribution in [3.05, 3.63) is 41.6 Å². The van der Waals surface area contributed by atoms with E-state index in [1.165, 1.54) is 36.5 Å². The second-order valence-electron chi connectivity index (χ2n) is 5.95. The lowest BCUT2D eigenvalue weighted by atomic mass is 10.3. The lowest BCUT2D eigenvalue weighted by Gasteiger charge is -2.14. The summed E-state index contributed by atoms with van der Waals surface area (Å²) in [6.07, 6.45) is 1.62. The van der Waals surface area contributed by atoms with Gasteiger partial charge in [-0.25, -0.2) is 12.8 Å². The molecule has 2 aromatic rings. The molecule has 0 saturated carbocycles. The van der Waals surface area contributed by atoms with E-state index < -0.39 is 21.7 Å². The molecule has 0 bridgehead atoms. The van der Waals surface area contributed by atoms with Crippen molar-refractivity contribution in [2.45, 2.75) is 24.7 Å². The number of carbonyl (C=O) groups is 1. The van der Waals surface area contributed by atoms with E-state index in [0.717, 1.165) is 18.9 Å². The Morgan fingerprint density at radius 1 is 1.27 bits per heavy atom. The van der Waals surface area contributed by atoms with Crippen molar-refractivity contribution in [3.8, 4) is 5.75 Å². The van der Waals surface area contributed by atoms with Gasteiger partial charge in [-0.15, -0.1) is 0 Å². The number of furan rings is 1. The largest absolute Gasteiger partial charge is 0.494 e. The van der Waals surface area contributed by atoms with Crippen LogP contribution < -0.4 is 10.1 Å². The number of sulfonamides is 1. The number of ether oxygens (including phenoxy) is 1. The Labute approximate surface area is 150 Å². The topological polar surface area (TPSA) is 88.8 Å². The highest BCUT2D eigenvalue weighted by Crippen LogP contribution is 2.27. The number of nitrogens with one attached hydrogen (secondary N) is 1. The Kier molecular flexibility index (Phi) is 5.01. The van der Waals surface area contributed by atoms with Crippen LogP contribution in [0.2, 0.25) is 0 Å². The maximum absolute atomic E-state index is 13.7. The molecule has 9 heteroatoms. The van der Waals surface area contributed by atoms with Crippen molar-refractivity contribution >= 4 is 21.6 Å². The van der Waals surface area contributed by atoms with Gasteiger partial charge in [-0.3, -0.25) is 4.79 Å². The zero-order valence-electron chi connectivity index (χ0n) is 14.4. The Hall–Kier alpha value is -2.39. The molecule has 140 valence electrons. The molecular formula is C17H19FN2O5S. The minimum Gasteiger partial charge on any atom is -0.494 e. The monoisotopic (exact) mass is 382 g/mol. The van der Waals surface area contributed by atoms with Crippen LogP contribution in [0.4, 0.5) is 10.1 Å². The first-order chi connectivity index (χ1) is 12.3. The Bertz CT molecular complexity index is 933. The van der Waals surface area contributed by atoms with Gasteiger partial charge in [0.15, 0.2) is 17.3 Å². The molecule has 0 aliphatic carbocycles. The van der Waals surface area contributed by atoms with E-state index >= 15 is 0 Å². The summed E-state index contributed by atoms with van der Waals surface area (Å²) in [7, 11) is -2.35. The van der Waals surface area contributed by atoms with E-state index in [4.69, 9.17) is 9.15 Å². The predicted molar refractivity (Wildman–Crippen MR) is 92.3 cm³/mol. The normalized spacial score (nSPS) is 15.2. The average molecular weight is 382 g/mol. The molecule has 26 heavy (non-hydrogen) atoms.